The molecule has 4 N–H and O–H groups in total. The summed E-state index contributed by atoms with van der Waals surface area (Å²) in [6, 6.07) is 22.4. The van der Waals surface area contributed by atoms with Crippen LogP contribution in [0.3, 0.4) is 0 Å². The SMILES string of the molecule is NCc1ccc2c(c1)CCN(C(Cc1ccccc1)C(=O)Nc1ccc(-c3cnc[nH]3)cc1)C2=O. The topological polar surface area (TPSA) is 104 Å². The maximum atomic E-state index is 13.6. The highest BCUT2D eigenvalue weighted by Gasteiger charge is 2.34. The van der Waals surface area contributed by atoms with E-state index in [0.29, 0.717) is 37.2 Å². The van der Waals surface area contributed by atoms with E-state index in [9.17, 15) is 9.59 Å². The third kappa shape index (κ3) is 4.85. The van der Waals surface area contributed by atoms with E-state index in [1.807, 2.05) is 72.8 Å². The van der Waals surface area contributed by atoms with Gasteiger partial charge in [0.15, 0.2) is 0 Å². The van der Waals surface area contributed by atoms with Crippen molar-refractivity contribution in [1.29, 1.82) is 0 Å². The van der Waals surface area contributed by atoms with Crippen molar-refractivity contribution in [3.05, 3.63) is 108 Å². The highest BCUT2D eigenvalue weighted by molar-refractivity contribution is 6.02. The number of carbonyl (C=O) groups is 2. The van der Waals surface area contributed by atoms with E-state index in [4.69, 9.17) is 5.73 Å². The lowest BCUT2D eigenvalue weighted by molar-refractivity contribution is -0.120. The van der Waals surface area contributed by atoms with Gasteiger partial charge in [0.25, 0.3) is 5.91 Å². The van der Waals surface area contributed by atoms with Crippen LogP contribution in [0.15, 0.2) is 85.3 Å². The minimum Gasteiger partial charge on any atom is -0.345 e. The fourth-order valence-corrected chi connectivity index (χ4v) is 4.54. The molecule has 0 saturated heterocycles. The fourth-order valence-electron chi connectivity index (χ4n) is 4.54. The lowest BCUT2D eigenvalue weighted by Gasteiger charge is -2.35. The van der Waals surface area contributed by atoms with Gasteiger partial charge in [0.2, 0.25) is 5.91 Å². The van der Waals surface area contributed by atoms with Gasteiger partial charge in [-0.2, -0.15) is 0 Å². The van der Waals surface area contributed by atoms with E-state index >= 15 is 0 Å². The number of aromatic nitrogens is 2. The molecule has 5 rings (SSSR count). The monoisotopic (exact) mass is 465 g/mol. The Balaban J connectivity index is 1.39. The number of imidazole rings is 1. The summed E-state index contributed by atoms with van der Waals surface area (Å²) in [5, 5.41) is 3.02. The number of amides is 2. The van der Waals surface area contributed by atoms with Gasteiger partial charge in [0.05, 0.1) is 18.2 Å². The molecule has 1 aliphatic rings. The smallest absolute Gasteiger partial charge is 0.254 e. The Labute approximate surface area is 204 Å². The van der Waals surface area contributed by atoms with Crippen LogP contribution < -0.4 is 11.1 Å². The fraction of sp³-hybridized carbons (Fsp3) is 0.179. The average Bonchev–Trinajstić information content (AvgIpc) is 3.44. The molecule has 35 heavy (non-hydrogen) atoms. The minimum atomic E-state index is -0.639. The number of benzene rings is 3. The van der Waals surface area contributed by atoms with Crippen molar-refractivity contribution >= 4 is 17.5 Å². The third-order valence-electron chi connectivity index (χ3n) is 6.43. The van der Waals surface area contributed by atoms with Crippen molar-refractivity contribution in [2.75, 3.05) is 11.9 Å². The van der Waals surface area contributed by atoms with Gasteiger partial charge in [-0.25, -0.2) is 4.98 Å². The number of nitrogens with two attached hydrogens (primary N) is 1. The molecule has 7 nitrogen and oxygen atoms in total. The summed E-state index contributed by atoms with van der Waals surface area (Å²) in [6.45, 7) is 0.910. The summed E-state index contributed by atoms with van der Waals surface area (Å²) in [6.07, 6.45) is 4.50. The quantitative estimate of drug-likeness (QED) is 0.386. The number of nitrogens with one attached hydrogen (secondary N) is 2. The number of carbonyl (C=O) groups excluding carboxylic acids is 2. The van der Waals surface area contributed by atoms with E-state index in [1.165, 1.54) is 0 Å². The number of hydrogen-bond acceptors (Lipinski definition) is 4. The third-order valence-corrected chi connectivity index (χ3v) is 6.43. The maximum Gasteiger partial charge on any atom is 0.254 e. The standard InChI is InChI=1S/C28H27N5O2/c29-16-20-6-11-24-22(14-20)12-13-33(28(24)35)26(15-19-4-2-1-3-5-19)27(34)32-23-9-7-21(8-10-23)25-17-30-18-31-25/h1-11,14,17-18,26H,12-13,15-16,29H2,(H,30,31)(H,32,34). The molecule has 0 saturated carbocycles. The predicted octanol–water partition coefficient (Wildman–Crippen LogP) is 3.78. The van der Waals surface area contributed by atoms with E-state index in [2.05, 4.69) is 15.3 Å². The normalized spacial score (nSPS) is 13.9. The van der Waals surface area contributed by atoms with Crippen LogP contribution in [-0.4, -0.2) is 39.3 Å². The second kappa shape index (κ2) is 9.95. The molecule has 7 heteroatoms. The van der Waals surface area contributed by atoms with Crippen molar-refractivity contribution in [1.82, 2.24) is 14.9 Å². The molecule has 0 radical (unpaired) electrons. The zero-order chi connectivity index (χ0) is 24.2. The molecule has 2 amide bonds. The van der Waals surface area contributed by atoms with Crippen LogP contribution in [-0.2, 0) is 24.2 Å². The molecule has 1 atom stereocenters. The van der Waals surface area contributed by atoms with Crippen LogP contribution in [0.1, 0.15) is 27.0 Å². The van der Waals surface area contributed by atoms with Crippen molar-refractivity contribution < 1.29 is 9.59 Å². The van der Waals surface area contributed by atoms with Gasteiger partial charge < -0.3 is 20.9 Å². The zero-order valence-corrected chi connectivity index (χ0v) is 19.3. The molecule has 1 aliphatic heterocycles. The maximum absolute atomic E-state index is 13.6. The van der Waals surface area contributed by atoms with Gasteiger partial charge in [0.1, 0.15) is 6.04 Å². The van der Waals surface area contributed by atoms with E-state index in [0.717, 1.165) is 27.9 Å². The van der Waals surface area contributed by atoms with Gasteiger partial charge in [-0.05, 0) is 46.9 Å². The number of fused-ring (bicyclic) bond motifs is 1. The van der Waals surface area contributed by atoms with Crippen LogP contribution in [0.5, 0.6) is 0 Å². The van der Waals surface area contributed by atoms with E-state index in [1.54, 1.807) is 17.4 Å². The largest absolute Gasteiger partial charge is 0.345 e. The Morgan fingerprint density at radius 3 is 2.57 bits per heavy atom. The number of aromatic amines is 1. The number of hydrogen-bond donors (Lipinski definition) is 3. The Hall–Kier alpha value is -4.23. The number of nitrogens with zero attached hydrogens (tertiary/aromatic N) is 2. The van der Waals surface area contributed by atoms with Crippen LogP contribution >= 0.6 is 0 Å². The number of H-pyrrole nitrogens is 1. The van der Waals surface area contributed by atoms with Gasteiger partial charge in [-0.1, -0.05) is 54.6 Å². The van der Waals surface area contributed by atoms with E-state index in [-0.39, 0.29) is 11.8 Å². The summed E-state index contributed by atoms with van der Waals surface area (Å²) < 4.78 is 0. The van der Waals surface area contributed by atoms with Crippen LogP contribution in [0, 0.1) is 0 Å². The average molecular weight is 466 g/mol. The molecule has 0 fully saturated rings. The van der Waals surface area contributed by atoms with Crippen molar-refractivity contribution in [2.24, 2.45) is 5.73 Å². The Kier molecular flexibility index (Phi) is 6.41. The molecular weight excluding hydrogens is 438 g/mol. The number of rotatable bonds is 7. The van der Waals surface area contributed by atoms with E-state index < -0.39 is 6.04 Å². The Morgan fingerprint density at radius 2 is 1.86 bits per heavy atom. The van der Waals surface area contributed by atoms with Crippen LogP contribution in [0.25, 0.3) is 11.3 Å². The highest BCUT2D eigenvalue weighted by Crippen LogP contribution is 2.25. The summed E-state index contributed by atoms with van der Waals surface area (Å²) in [5.41, 5.74) is 12.0. The Bertz CT molecular complexity index is 1320. The second-order valence-electron chi connectivity index (χ2n) is 8.68. The predicted molar refractivity (Wildman–Crippen MR) is 136 cm³/mol. The van der Waals surface area contributed by atoms with Gasteiger partial charge in [-0.3, -0.25) is 9.59 Å². The first-order valence-electron chi connectivity index (χ1n) is 11.7. The molecule has 0 aliphatic carbocycles. The zero-order valence-electron chi connectivity index (χ0n) is 19.3. The molecule has 176 valence electrons. The summed E-state index contributed by atoms with van der Waals surface area (Å²) in [7, 11) is 0. The summed E-state index contributed by atoms with van der Waals surface area (Å²) in [5.74, 6) is -0.334. The first-order valence-corrected chi connectivity index (χ1v) is 11.7. The molecular formula is C28H27N5O2. The first kappa shape index (κ1) is 22.6. The van der Waals surface area contributed by atoms with Crippen molar-refractivity contribution in [3.63, 3.8) is 0 Å². The molecule has 4 aromatic rings. The van der Waals surface area contributed by atoms with Crippen molar-refractivity contribution in [3.8, 4) is 11.3 Å². The van der Waals surface area contributed by atoms with Crippen LogP contribution in [0.2, 0.25) is 0 Å². The minimum absolute atomic E-state index is 0.125. The molecule has 3 aromatic carbocycles. The lowest BCUT2D eigenvalue weighted by atomic mass is 9.94. The molecule has 1 aromatic heterocycles. The summed E-state index contributed by atoms with van der Waals surface area (Å²) >= 11 is 0. The highest BCUT2D eigenvalue weighted by atomic mass is 16.2. The second-order valence-corrected chi connectivity index (χ2v) is 8.68. The lowest BCUT2D eigenvalue weighted by Crippen LogP contribution is -2.51. The molecule has 2 heterocycles. The first-order chi connectivity index (χ1) is 17.1. The number of anilines is 1. The van der Waals surface area contributed by atoms with Gasteiger partial charge in [0, 0.05) is 30.8 Å². The van der Waals surface area contributed by atoms with Gasteiger partial charge in [-0.15, -0.1) is 0 Å². The molecule has 0 bridgehead atoms. The van der Waals surface area contributed by atoms with Crippen molar-refractivity contribution in [2.45, 2.75) is 25.4 Å². The Morgan fingerprint density at radius 1 is 1.06 bits per heavy atom. The van der Waals surface area contributed by atoms with Crippen LogP contribution in [0.4, 0.5) is 5.69 Å². The molecule has 1 unspecified atom stereocenters. The molecule has 0 spiro atoms. The van der Waals surface area contributed by atoms with Gasteiger partial charge >= 0.3 is 0 Å². The summed E-state index contributed by atoms with van der Waals surface area (Å²) in [4.78, 5) is 35.9.